The minimum Gasteiger partial charge on any atom is -0.395 e. The molecule has 1 unspecified atom stereocenters. The SMILES string of the molecule is CN1C(C)(C)CCC(NCCO)C1(C)C. The van der Waals surface area contributed by atoms with Gasteiger partial charge in [-0.2, -0.15) is 0 Å². The van der Waals surface area contributed by atoms with Crippen LogP contribution in [0.5, 0.6) is 0 Å². The van der Waals surface area contributed by atoms with E-state index >= 15 is 0 Å². The van der Waals surface area contributed by atoms with E-state index in [-0.39, 0.29) is 17.7 Å². The van der Waals surface area contributed by atoms with Crippen molar-refractivity contribution in [1.82, 2.24) is 10.2 Å². The molecule has 3 heteroatoms. The maximum absolute atomic E-state index is 8.86. The standard InChI is InChI=1S/C12H26N2O/c1-11(2)7-6-10(13-8-9-15)12(3,4)14(11)5/h10,13,15H,6-9H2,1-5H3. The Morgan fingerprint density at radius 2 is 1.93 bits per heavy atom. The largest absolute Gasteiger partial charge is 0.395 e. The fraction of sp³-hybridized carbons (Fsp3) is 1.00. The summed E-state index contributed by atoms with van der Waals surface area (Å²) in [6, 6.07) is 0.475. The first-order valence-corrected chi connectivity index (χ1v) is 5.90. The highest BCUT2D eigenvalue weighted by molar-refractivity contribution is 5.03. The zero-order chi connectivity index (χ0) is 11.7. The van der Waals surface area contributed by atoms with E-state index in [1.54, 1.807) is 0 Å². The normalized spacial score (nSPS) is 30.4. The molecule has 0 spiro atoms. The monoisotopic (exact) mass is 214 g/mol. The average molecular weight is 214 g/mol. The molecule has 0 aliphatic carbocycles. The maximum Gasteiger partial charge on any atom is 0.0556 e. The van der Waals surface area contributed by atoms with Gasteiger partial charge in [-0.3, -0.25) is 4.90 Å². The summed E-state index contributed by atoms with van der Waals surface area (Å²) in [5.74, 6) is 0. The van der Waals surface area contributed by atoms with Gasteiger partial charge in [-0.05, 0) is 47.6 Å². The minimum absolute atomic E-state index is 0.150. The predicted octanol–water partition coefficient (Wildman–Crippen LogP) is 1.22. The minimum atomic E-state index is 0.150. The lowest BCUT2D eigenvalue weighted by Gasteiger charge is -2.55. The third-order valence-electron chi connectivity index (χ3n) is 4.17. The molecule has 2 N–H and O–H groups in total. The number of nitrogens with zero attached hydrogens (tertiary/aromatic N) is 1. The van der Waals surface area contributed by atoms with Crippen LogP contribution in [0.15, 0.2) is 0 Å². The van der Waals surface area contributed by atoms with Crippen LogP contribution >= 0.6 is 0 Å². The fourth-order valence-electron chi connectivity index (χ4n) is 2.62. The quantitative estimate of drug-likeness (QED) is 0.741. The second-order valence-electron chi connectivity index (χ2n) is 5.79. The number of rotatable bonds is 3. The molecular formula is C12H26N2O. The smallest absolute Gasteiger partial charge is 0.0556 e. The Hall–Kier alpha value is -0.120. The number of hydrogen-bond donors (Lipinski definition) is 2. The summed E-state index contributed by atoms with van der Waals surface area (Å²) in [5, 5.41) is 12.3. The fourth-order valence-corrected chi connectivity index (χ4v) is 2.62. The van der Waals surface area contributed by atoms with Crippen molar-refractivity contribution in [2.24, 2.45) is 0 Å². The van der Waals surface area contributed by atoms with Crippen LogP contribution < -0.4 is 5.32 Å². The Balaban J connectivity index is 2.71. The first-order valence-electron chi connectivity index (χ1n) is 5.90. The van der Waals surface area contributed by atoms with Gasteiger partial charge >= 0.3 is 0 Å². The summed E-state index contributed by atoms with van der Waals surface area (Å²) in [6.07, 6.45) is 2.39. The molecule has 1 atom stereocenters. The molecule has 0 aromatic carbocycles. The van der Waals surface area contributed by atoms with E-state index in [9.17, 15) is 0 Å². The highest BCUT2D eigenvalue weighted by Gasteiger charge is 2.44. The Bertz CT molecular complexity index is 214. The van der Waals surface area contributed by atoms with Crippen LogP contribution in [0.3, 0.4) is 0 Å². The number of nitrogens with one attached hydrogen (secondary N) is 1. The van der Waals surface area contributed by atoms with Gasteiger partial charge in [0.15, 0.2) is 0 Å². The molecule has 1 aliphatic rings. The van der Waals surface area contributed by atoms with Crippen LogP contribution in [0.1, 0.15) is 40.5 Å². The molecular weight excluding hydrogens is 188 g/mol. The third kappa shape index (κ3) is 2.52. The van der Waals surface area contributed by atoms with E-state index in [2.05, 4.69) is 45.0 Å². The number of hydrogen-bond acceptors (Lipinski definition) is 3. The lowest BCUT2D eigenvalue weighted by molar-refractivity contribution is -0.0273. The molecule has 1 rings (SSSR count). The number of likely N-dealkylation sites (tertiary alicyclic amines) is 1. The summed E-state index contributed by atoms with van der Waals surface area (Å²) in [7, 11) is 2.20. The number of aliphatic hydroxyl groups excluding tert-OH is 1. The molecule has 0 aromatic rings. The highest BCUT2D eigenvalue weighted by atomic mass is 16.3. The summed E-state index contributed by atoms with van der Waals surface area (Å²) in [6.45, 7) is 10.1. The van der Waals surface area contributed by atoms with E-state index in [1.165, 1.54) is 12.8 Å². The van der Waals surface area contributed by atoms with E-state index in [4.69, 9.17) is 5.11 Å². The molecule has 0 radical (unpaired) electrons. The van der Waals surface area contributed by atoms with E-state index in [1.807, 2.05) is 0 Å². The molecule has 0 amide bonds. The first-order chi connectivity index (χ1) is 6.82. The molecule has 15 heavy (non-hydrogen) atoms. The average Bonchev–Trinajstić information content (AvgIpc) is 2.14. The Morgan fingerprint density at radius 3 is 2.47 bits per heavy atom. The van der Waals surface area contributed by atoms with Gasteiger partial charge in [0.05, 0.1) is 6.61 Å². The van der Waals surface area contributed by atoms with E-state index < -0.39 is 0 Å². The summed E-state index contributed by atoms with van der Waals surface area (Å²) >= 11 is 0. The second kappa shape index (κ2) is 4.40. The van der Waals surface area contributed by atoms with Gasteiger partial charge in [0, 0.05) is 23.7 Å². The predicted molar refractivity (Wildman–Crippen MR) is 64.0 cm³/mol. The van der Waals surface area contributed by atoms with Gasteiger partial charge in [0.1, 0.15) is 0 Å². The van der Waals surface area contributed by atoms with Gasteiger partial charge < -0.3 is 10.4 Å². The lowest BCUT2D eigenvalue weighted by atomic mass is 9.77. The van der Waals surface area contributed by atoms with Crippen molar-refractivity contribution in [3.05, 3.63) is 0 Å². The third-order valence-corrected chi connectivity index (χ3v) is 4.17. The van der Waals surface area contributed by atoms with Gasteiger partial charge in [-0.25, -0.2) is 0 Å². The molecule has 0 saturated carbocycles. The maximum atomic E-state index is 8.86. The van der Waals surface area contributed by atoms with Crippen molar-refractivity contribution in [2.45, 2.75) is 57.7 Å². The van der Waals surface area contributed by atoms with Crippen molar-refractivity contribution in [3.8, 4) is 0 Å². The summed E-state index contributed by atoms with van der Waals surface area (Å²) in [4.78, 5) is 2.46. The van der Waals surface area contributed by atoms with Crippen LogP contribution in [-0.4, -0.2) is 47.3 Å². The van der Waals surface area contributed by atoms with Crippen LogP contribution in [0, 0.1) is 0 Å². The van der Waals surface area contributed by atoms with Gasteiger partial charge in [-0.15, -0.1) is 0 Å². The van der Waals surface area contributed by atoms with Crippen molar-refractivity contribution >= 4 is 0 Å². The molecule has 1 saturated heterocycles. The molecule has 1 fully saturated rings. The van der Waals surface area contributed by atoms with Gasteiger partial charge in [0.25, 0.3) is 0 Å². The van der Waals surface area contributed by atoms with Crippen molar-refractivity contribution < 1.29 is 5.11 Å². The van der Waals surface area contributed by atoms with E-state index in [0.29, 0.717) is 12.6 Å². The van der Waals surface area contributed by atoms with Crippen molar-refractivity contribution in [3.63, 3.8) is 0 Å². The molecule has 3 nitrogen and oxygen atoms in total. The topological polar surface area (TPSA) is 35.5 Å². The lowest BCUT2D eigenvalue weighted by Crippen LogP contribution is -2.66. The van der Waals surface area contributed by atoms with Crippen LogP contribution in [0.25, 0.3) is 0 Å². The molecule has 0 bridgehead atoms. The molecule has 1 aliphatic heterocycles. The molecule has 1 heterocycles. The summed E-state index contributed by atoms with van der Waals surface area (Å²) < 4.78 is 0. The Morgan fingerprint density at radius 1 is 1.33 bits per heavy atom. The van der Waals surface area contributed by atoms with Crippen LogP contribution in [-0.2, 0) is 0 Å². The second-order valence-corrected chi connectivity index (χ2v) is 5.79. The van der Waals surface area contributed by atoms with Crippen LogP contribution in [0.4, 0.5) is 0 Å². The Kier molecular flexibility index (Phi) is 3.80. The number of likely N-dealkylation sites (N-methyl/N-ethyl adjacent to an activating group) is 1. The highest BCUT2D eigenvalue weighted by Crippen LogP contribution is 2.36. The van der Waals surface area contributed by atoms with Crippen LogP contribution in [0.2, 0.25) is 0 Å². The first kappa shape index (κ1) is 12.9. The van der Waals surface area contributed by atoms with Crippen molar-refractivity contribution in [2.75, 3.05) is 20.2 Å². The van der Waals surface area contributed by atoms with Crippen molar-refractivity contribution in [1.29, 1.82) is 0 Å². The summed E-state index contributed by atoms with van der Waals surface area (Å²) in [5.41, 5.74) is 0.428. The Labute approximate surface area is 93.9 Å². The molecule has 90 valence electrons. The number of aliphatic hydroxyl groups is 1. The zero-order valence-electron chi connectivity index (χ0n) is 10.8. The molecule has 0 aromatic heterocycles. The van der Waals surface area contributed by atoms with Gasteiger partial charge in [-0.1, -0.05) is 0 Å². The van der Waals surface area contributed by atoms with Gasteiger partial charge in [0.2, 0.25) is 0 Å². The van der Waals surface area contributed by atoms with E-state index in [0.717, 1.165) is 0 Å². The number of piperidine rings is 1. The zero-order valence-corrected chi connectivity index (χ0v) is 10.8.